The van der Waals surface area contributed by atoms with Gasteiger partial charge in [-0.1, -0.05) is 0 Å². The number of thiophene rings is 1. The van der Waals surface area contributed by atoms with E-state index in [1.165, 1.54) is 4.68 Å². The second-order valence-corrected chi connectivity index (χ2v) is 9.55. The number of rotatable bonds is 6. The molecule has 4 heterocycles. The third-order valence-electron chi connectivity index (χ3n) is 5.19. The van der Waals surface area contributed by atoms with Gasteiger partial charge in [-0.05, 0) is 48.3 Å². The number of amides is 2. The number of anilines is 1. The molecule has 0 fully saturated rings. The first kappa shape index (κ1) is 24.9. The number of nitrogens with zero attached hydrogens (tertiary/aromatic N) is 5. The molecule has 2 amide bonds. The van der Waals surface area contributed by atoms with Gasteiger partial charge in [0.25, 0.3) is 5.91 Å². The maximum absolute atomic E-state index is 13.7. The van der Waals surface area contributed by atoms with E-state index in [0.29, 0.717) is 39.3 Å². The quantitative estimate of drug-likeness (QED) is 0.354. The summed E-state index contributed by atoms with van der Waals surface area (Å²) >= 11 is 4.01. The van der Waals surface area contributed by atoms with E-state index in [1.54, 1.807) is 30.9 Å². The summed E-state index contributed by atoms with van der Waals surface area (Å²) in [5.74, 6) is -1.45. The highest BCUT2D eigenvalue weighted by Crippen LogP contribution is 2.44. The van der Waals surface area contributed by atoms with Crippen molar-refractivity contribution in [1.29, 1.82) is 0 Å². The summed E-state index contributed by atoms with van der Waals surface area (Å²) in [6.07, 6.45) is -1.51. The van der Waals surface area contributed by atoms with Crippen molar-refractivity contribution in [3.05, 3.63) is 44.9 Å². The third kappa shape index (κ3) is 4.80. The van der Waals surface area contributed by atoms with Gasteiger partial charge in [-0.25, -0.2) is 4.98 Å². The number of halogens is 4. The lowest BCUT2D eigenvalue weighted by Crippen LogP contribution is -2.21. The number of nitrogens with two attached hydrogens (primary N) is 1. The average Bonchev–Trinajstić information content (AvgIpc) is 3.42. The molecule has 184 valence electrons. The minimum Gasteiger partial charge on any atom is -0.365 e. The monoisotopic (exact) mass is 569 g/mol. The van der Waals surface area contributed by atoms with Gasteiger partial charge in [0.2, 0.25) is 5.91 Å². The summed E-state index contributed by atoms with van der Waals surface area (Å²) in [6, 6.07) is 0.896. The average molecular weight is 570 g/mol. The van der Waals surface area contributed by atoms with Crippen LogP contribution in [-0.4, -0.2) is 36.4 Å². The van der Waals surface area contributed by atoms with Crippen LogP contribution in [0, 0.1) is 13.8 Å². The molecule has 0 aliphatic rings. The van der Waals surface area contributed by atoms with E-state index in [1.807, 2.05) is 6.92 Å². The number of hydrogen-bond acceptors (Lipinski definition) is 6. The number of aromatic nitrogens is 5. The maximum atomic E-state index is 13.7. The Morgan fingerprint density at radius 1 is 1.14 bits per heavy atom. The van der Waals surface area contributed by atoms with Gasteiger partial charge in [0.05, 0.1) is 21.5 Å². The van der Waals surface area contributed by atoms with E-state index in [-0.39, 0.29) is 32.9 Å². The molecule has 4 aromatic heterocycles. The van der Waals surface area contributed by atoms with Gasteiger partial charge in [0.1, 0.15) is 21.9 Å². The molecule has 35 heavy (non-hydrogen) atoms. The Hall–Kier alpha value is -3.26. The van der Waals surface area contributed by atoms with Gasteiger partial charge in [-0.15, -0.1) is 11.3 Å². The van der Waals surface area contributed by atoms with Crippen molar-refractivity contribution in [3.63, 3.8) is 0 Å². The Morgan fingerprint density at radius 3 is 2.37 bits per heavy atom. The van der Waals surface area contributed by atoms with Crippen molar-refractivity contribution in [2.24, 2.45) is 5.73 Å². The van der Waals surface area contributed by atoms with E-state index in [9.17, 15) is 22.8 Å². The normalized spacial score (nSPS) is 11.9. The Balaban J connectivity index is 1.91. The first-order valence-corrected chi connectivity index (χ1v) is 11.9. The van der Waals surface area contributed by atoms with E-state index in [0.717, 1.165) is 6.07 Å². The number of hydrogen-bond donors (Lipinski definition) is 2. The van der Waals surface area contributed by atoms with Crippen LogP contribution in [0.2, 0.25) is 0 Å². The topological polar surface area (TPSA) is 121 Å². The molecule has 0 radical (unpaired) electrons. The summed E-state index contributed by atoms with van der Waals surface area (Å²) in [5.41, 5.74) is 6.11. The first-order chi connectivity index (χ1) is 16.4. The summed E-state index contributed by atoms with van der Waals surface area (Å²) in [5, 5.41) is 11.4. The zero-order valence-electron chi connectivity index (χ0n) is 18.7. The van der Waals surface area contributed by atoms with Crippen molar-refractivity contribution in [2.45, 2.75) is 40.0 Å². The first-order valence-electron chi connectivity index (χ1n) is 10.3. The van der Waals surface area contributed by atoms with E-state index in [2.05, 4.69) is 36.4 Å². The van der Waals surface area contributed by atoms with Crippen LogP contribution in [0.3, 0.4) is 0 Å². The van der Waals surface area contributed by atoms with Gasteiger partial charge < -0.3 is 11.1 Å². The zero-order valence-corrected chi connectivity index (χ0v) is 21.1. The van der Waals surface area contributed by atoms with Gasteiger partial charge >= 0.3 is 6.18 Å². The SMILES string of the molecule is CCn1cc(-c2cc(C(F)(F)F)nc3sc(C(N)=O)c(NC(=O)Cn4cc(Br)c(C)n4)c23)c(C)n1. The predicted octanol–water partition coefficient (Wildman–Crippen LogP) is 4.51. The fraction of sp³-hybridized carbons (Fsp3) is 0.286. The van der Waals surface area contributed by atoms with Crippen molar-refractivity contribution < 1.29 is 22.8 Å². The number of aryl methyl sites for hydroxylation is 3. The van der Waals surface area contributed by atoms with Crippen LogP contribution in [0.15, 0.2) is 22.9 Å². The Labute approximate surface area is 209 Å². The van der Waals surface area contributed by atoms with E-state index < -0.39 is 23.7 Å². The van der Waals surface area contributed by atoms with Crippen molar-refractivity contribution >= 4 is 55.0 Å². The molecular weight excluding hydrogens is 551 g/mol. The van der Waals surface area contributed by atoms with Crippen LogP contribution in [0.5, 0.6) is 0 Å². The maximum Gasteiger partial charge on any atom is 0.433 e. The molecule has 0 aliphatic heterocycles. The zero-order chi connectivity index (χ0) is 25.7. The number of fused-ring (bicyclic) bond motifs is 1. The largest absolute Gasteiger partial charge is 0.433 e. The summed E-state index contributed by atoms with van der Waals surface area (Å²) in [4.78, 5) is 28.6. The Bertz CT molecular complexity index is 1450. The Kier molecular flexibility index (Phi) is 6.44. The van der Waals surface area contributed by atoms with Gasteiger partial charge in [0, 0.05) is 29.9 Å². The minimum atomic E-state index is -4.73. The standard InChI is InChI=1S/C21H19BrF3N7O2S/c1-4-31-6-12(9(2)29-31)11-5-14(21(23,24)25)27-20-16(11)17(18(35-20)19(26)34)28-15(33)8-32-7-13(22)10(3)30-32/h5-7H,4,8H2,1-3H3,(H2,26,34)(H,28,33). The molecule has 0 unspecified atom stereocenters. The molecule has 4 aromatic rings. The van der Waals surface area contributed by atoms with Crippen LogP contribution < -0.4 is 11.1 Å². The lowest BCUT2D eigenvalue weighted by molar-refractivity contribution is -0.140. The number of alkyl halides is 3. The smallest absolute Gasteiger partial charge is 0.365 e. The second kappa shape index (κ2) is 9.07. The van der Waals surface area contributed by atoms with Crippen molar-refractivity contribution in [2.75, 3.05) is 5.32 Å². The second-order valence-electron chi connectivity index (χ2n) is 7.70. The predicted molar refractivity (Wildman–Crippen MR) is 128 cm³/mol. The summed E-state index contributed by atoms with van der Waals surface area (Å²) in [7, 11) is 0. The summed E-state index contributed by atoms with van der Waals surface area (Å²) in [6.45, 7) is 5.57. The molecular formula is C21H19BrF3N7O2S. The number of nitrogens with one attached hydrogen (secondary N) is 1. The van der Waals surface area contributed by atoms with Crippen LogP contribution in [0.1, 0.15) is 33.7 Å². The highest BCUT2D eigenvalue weighted by molar-refractivity contribution is 9.10. The molecule has 0 atom stereocenters. The molecule has 0 spiro atoms. The molecule has 0 saturated heterocycles. The summed E-state index contributed by atoms with van der Waals surface area (Å²) < 4.78 is 44.7. The van der Waals surface area contributed by atoms with Crippen LogP contribution in [0.25, 0.3) is 21.3 Å². The lowest BCUT2D eigenvalue weighted by Gasteiger charge is -2.12. The fourth-order valence-electron chi connectivity index (χ4n) is 3.59. The number of pyridine rings is 1. The van der Waals surface area contributed by atoms with Crippen LogP contribution in [-0.2, 0) is 24.1 Å². The third-order valence-corrected chi connectivity index (χ3v) is 7.07. The van der Waals surface area contributed by atoms with Crippen LogP contribution in [0.4, 0.5) is 18.9 Å². The van der Waals surface area contributed by atoms with Crippen LogP contribution >= 0.6 is 27.3 Å². The highest BCUT2D eigenvalue weighted by Gasteiger charge is 2.35. The van der Waals surface area contributed by atoms with Gasteiger partial charge in [-0.3, -0.25) is 19.0 Å². The molecule has 0 aliphatic carbocycles. The molecule has 0 aromatic carbocycles. The number of primary amides is 1. The highest BCUT2D eigenvalue weighted by atomic mass is 79.9. The molecule has 3 N–H and O–H groups in total. The van der Waals surface area contributed by atoms with E-state index >= 15 is 0 Å². The fourth-order valence-corrected chi connectivity index (χ4v) is 4.92. The van der Waals surface area contributed by atoms with Crippen molar-refractivity contribution in [1.82, 2.24) is 24.5 Å². The minimum absolute atomic E-state index is 0.00492. The molecule has 4 rings (SSSR count). The van der Waals surface area contributed by atoms with Crippen molar-refractivity contribution in [3.8, 4) is 11.1 Å². The lowest BCUT2D eigenvalue weighted by atomic mass is 10.0. The molecule has 0 bridgehead atoms. The van der Waals surface area contributed by atoms with E-state index in [4.69, 9.17) is 5.73 Å². The number of carbonyl (C=O) groups excluding carboxylic acids is 2. The van der Waals surface area contributed by atoms with Gasteiger partial charge in [0.15, 0.2) is 0 Å². The molecule has 14 heteroatoms. The molecule has 0 saturated carbocycles. The Morgan fingerprint density at radius 2 is 1.83 bits per heavy atom. The number of carbonyl (C=O) groups is 2. The molecule has 9 nitrogen and oxygen atoms in total. The van der Waals surface area contributed by atoms with Gasteiger partial charge in [-0.2, -0.15) is 23.4 Å².